The molecule has 33 heavy (non-hydrogen) atoms. The van der Waals surface area contributed by atoms with Crippen molar-refractivity contribution < 1.29 is 23.9 Å². The molecule has 10 heteroatoms. The first-order chi connectivity index (χ1) is 15.8. The number of nitrogens with zero attached hydrogens (tertiary/aromatic N) is 1. The molecule has 1 saturated heterocycles. The second kappa shape index (κ2) is 9.71. The molecule has 2 aromatic rings. The van der Waals surface area contributed by atoms with Gasteiger partial charge in [-0.25, -0.2) is 4.79 Å². The van der Waals surface area contributed by atoms with E-state index in [9.17, 15) is 19.2 Å². The van der Waals surface area contributed by atoms with Gasteiger partial charge in [-0.15, -0.1) is 23.2 Å². The molecule has 4 rings (SSSR count). The Morgan fingerprint density at radius 1 is 0.939 bits per heavy atom. The zero-order chi connectivity index (χ0) is 23.7. The predicted molar refractivity (Wildman–Crippen MR) is 125 cm³/mol. The Kier molecular flexibility index (Phi) is 6.93. The number of imide groups is 1. The summed E-state index contributed by atoms with van der Waals surface area (Å²) in [6, 6.07) is 12.5. The normalized spacial score (nSPS) is 24.4. The van der Waals surface area contributed by atoms with E-state index in [2.05, 4.69) is 5.32 Å². The van der Waals surface area contributed by atoms with E-state index in [0.29, 0.717) is 29.2 Å². The molecule has 1 heterocycles. The van der Waals surface area contributed by atoms with Crippen LogP contribution in [0.3, 0.4) is 0 Å². The van der Waals surface area contributed by atoms with Crippen molar-refractivity contribution in [3.8, 4) is 0 Å². The standard InChI is InChI=1S/C23H19Cl3N2O5/c24-16-3-1-2-4-19(16)27-20(29)11-33-23(32)12-5-7-13(8-6-12)28-21(30)14-9-17(25)18(26)10-15(14)22(28)31/h1-8,14-15,17-18H,9-11H2,(H,27,29)/t14-,15-,17+,18+/m1/s1. The number of hydrogen-bond acceptors (Lipinski definition) is 5. The quantitative estimate of drug-likeness (QED) is 0.370. The molecule has 1 aliphatic carbocycles. The van der Waals surface area contributed by atoms with E-state index in [1.54, 1.807) is 24.3 Å². The van der Waals surface area contributed by atoms with Crippen molar-refractivity contribution >= 4 is 69.9 Å². The number of esters is 1. The summed E-state index contributed by atoms with van der Waals surface area (Å²) in [5.41, 5.74) is 0.929. The number of hydrogen-bond donors (Lipinski definition) is 1. The van der Waals surface area contributed by atoms with Crippen LogP contribution in [0.25, 0.3) is 0 Å². The van der Waals surface area contributed by atoms with Crippen molar-refractivity contribution in [2.75, 3.05) is 16.8 Å². The Morgan fingerprint density at radius 2 is 1.52 bits per heavy atom. The van der Waals surface area contributed by atoms with Gasteiger partial charge < -0.3 is 10.1 Å². The number of anilines is 2. The lowest BCUT2D eigenvalue weighted by Gasteiger charge is -2.28. The monoisotopic (exact) mass is 508 g/mol. The molecule has 0 spiro atoms. The highest BCUT2D eigenvalue weighted by molar-refractivity contribution is 6.33. The maximum atomic E-state index is 12.8. The molecule has 1 aliphatic heterocycles. The van der Waals surface area contributed by atoms with E-state index in [1.807, 2.05) is 0 Å². The van der Waals surface area contributed by atoms with Crippen LogP contribution in [0.1, 0.15) is 23.2 Å². The molecule has 172 valence electrons. The third kappa shape index (κ3) is 4.86. The maximum Gasteiger partial charge on any atom is 0.338 e. The Labute approximate surface area is 204 Å². The van der Waals surface area contributed by atoms with Crippen LogP contribution in [0.5, 0.6) is 0 Å². The van der Waals surface area contributed by atoms with Crippen molar-refractivity contribution in [2.24, 2.45) is 11.8 Å². The molecule has 2 fully saturated rings. The highest BCUT2D eigenvalue weighted by Gasteiger charge is 2.52. The number of fused-ring (bicyclic) bond motifs is 1. The van der Waals surface area contributed by atoms with Crippen LogP contribution in [-0.2, 0) is 19.1 Å². The Balaban J connectivity index is 1.37. The lowest BCUT2D eigenvalue weighted by Crippen LogP contribution is -2.34. The van der Waals surface area contributed by atoms with Gasteiger partial charge in [-0.3, -0.25) is 19.3 Å². The lowest BCUT2D eigenvalue weighted by molar-refractivity contribution is -0.122. The average Bonchev–Trinajstić information content (AvgIpc) is 3.03. The molecular formula is C23H19Cl3N2O5. The van der Waals surface area contributed by atoms with Gasteiger partial charge in [0.1, 0.15) is 0 Å². The Hall–Kier alpha value is -2.61. The first-order valence-electron chi connectivity index (χ1n) is 10.2. The highest BCUT2D eigenvalue weighted by Crippen LogP contribution is 2.43. The number of ether oxygens (including phenoxy) is 1. The average molecular weight is 510 g/mol. The van der Waals surface area contributed by atoms with Gasteiger partial charge in [-0.2, -0.15) is 0 Å². The molecule has 0 bridgehead atoms. The van der Waals surface area contributed by atoms with Crippen LogP contribution < -0.4 is 10.2 Å². The van der Waals surface area contributed by atoms with Gasteiger partial charge in [0, 0.05) is 0 Å². The third-order valence-electron chi connectivity index (χ3n) is 5.76. The fourth-order valence-corrected chi connectivity index (χ4v) is 4.83. The van der Waals surface area contributed by atoms with Crippen molar-refractivity contribution in [3.05, 3.63) is 59.1 Å². The van der Waals surface area contributed by atoms with Gasteiger partial charge in [0.05, 0.1) is 44.6 Å². The SMILES string of the molecule is O=C(COC(=O)c1ccc(N2C(=O)[C@@H]3C[C@H](Cl)[C@@H](Cl)C[C@H]3C2=O)cc1)Nc1ccccc1Cl. The molecule has 1 saturated carbocycles. The molecule has 0 aromatic heterocycles. The van der Waals surface area contributed by atoms with Gasteiger partial charge in [0.2, 0.25) is 11.8 Å². The van der Waals surface area contributed by atoms with Crippen molar-refractivity contribution in [1.82, 2.24) is 0 Å². The van der Waals surface area contributed by atoms with Gasteiger partial charge >= 0.3 is 5.97 Å². The van der Waals surface area contributed by atoms with Crippen LogP contribution in [-0.4, -0.2) is 41.1 Å². The van der Waals surface area contributed by atoms with E-state index >= 15 is 0 Å². The van der Waals surface area contributed by atoms with Crippen LogP contribution in [0, 0.1) is 11.8 Å². The van der Waals surface area contributed by atoms with Gasteiger partial charge in [-0.05, 0) is 49.2 Å². The second-order valence-corrected chi connectivity index (χ2v) is 9.41. The van der Waals surface area contributed by atoms with E-state index in [4.69, 9.17) is 39.5 Å². The minimum absolute atomic E-state index is 0.169. The van der Waals surface area contributed by atoms with Gasteiger partial charge in [0.15, 0.2) is 6.61 Å². The zero-order valence-electron chi connectivity index (χ0n) is 17.2. The lowest BCUT2D eigenvalue weighted by atomic mass is 9.80. The second-order valence-electron chi connectivity index (χ2n) is 7.88. The number of benzene rings is 2. The third-order valence-corrected chi connectivity index (χ3v) is 7.18. The molecule has 2 aromatic carbocycles. The molecule has 0 unspecified atom stereocenters. The summed E-state index contributed by atoms with van der Waals surface area (Å²) < 4.78 is 5.04. The predicted octanol–water partition coefficient (Wildman–Crippen LogP) is 4.25. The van der Waals surface area contributed by atoms with Crippen LogP contribution >= 0.6 is 34.8 Å². The summed E-state index contributed by atoms with van der Waals surface area (Å²) >= 11 is 18.4. The van der Waals surface area contributed by atoms with Gasteiger partial charge in [0.25, 0.3) is 5.91 Å². The molecule has 7 nitrogen and oxygen atoms in total. The Bertz CT molecular complexity index is 1080. The minimum atomic E-state index is -0.724. The summed E-state index contributed by atoms with van der Waals surface area (Å²) in [7, 11) is 0. The molecule has 1 N–H and O–H groups in total. The van der Waals surface area contributed by atoms with Crippen molar-refractivity contribution in [2.45, 2.75) is 23.6 Å². The van der Waals surface area contributed by atoms with Crippen LogP contribution in [0.15, 0.2) is 48.5 Å². The summed E-state index contributed by atoms with van der Waals surface area (Å²) in [6.07, 6.45) is 0.699. The molecule has 0 radical (unpaired) electrons. The fraction of sp³-hybridized carbons (Fsp3) is 0.304. The number of rotatable bonds is 5. The number of carbonyl (C=O) groups is 4. The number of alkyl halides is 2. The highest BCUT2D eigenvalue weighted by atomic mass is 35.5. The van der Waals surface area contributed by atoms with Crippen LogP contribution in [0.2, 0.25) is 5.02 Å². The topological polar surface area (TPSA) is 92.8 Å². The van der Waals surface area contributed by atoms with Crippen LogP contribution in [0.4, 0.5) is 11.4 Å². The maximum absolute atomic E-state index is 12.8. The fourth-order valence-electron chi connectivity index (χ4n) is 4.06. The first-order valence-corrected chi connectivity index (χ1v) is 11.5. The smallest absolute Gasteiger partial charge is 0.338 e. The summed E-state index contributed by atoms with van der Waals surface area (Å²) in [5.74, 6) is -2.87. The van der Waals surface area contributed by atoms with Crippen molar-refractivity contribution in [1.29, 1.82) is 0 Å². The van der Waals surface area contributed by atoms with Gasteiger partial charge in [-0.1, -0.05) is 23.7 Å². The number of amides is 3. The number of carbonyl (C=O) groups excluding carboxylic acids is 4. The summed E-state index contributed by atoms with van der Waals surface area (Å²) in [4.78, 5) is 51.1. The van der Waals surface area contributed by atoms with E-state index < -0.39 is 30.3 Å². The van der Waals surface area contributed by atoms with E-state index in [0.717, 1.165) is 4.90 Å². The Morgan fingerprint density at radius 3 is 2.09 bits per heavy atom. The minimum Gasteiger partial charge on any atom is -0.452 e. The largest absolute Gasteiger partial charge is 0.452 e. The molecular weight excluding hydrogens is 491 g/mol. The molecule has 3 amide bonds. The molecule has 4 atom stereocenters. The zero-order valence-corrected chi connectivity index (χ0v) is 19.4. The number of halogens is 3. The summed E-state index contributed by atoms with van der Waals surface area (Å²) in [5, 5.41) is 2.19. The summed E-state index contributed by atoms with van der Waals surface area (Å²) in [6.45, 7) is -0.503. The van der Waals surface area contributed by atoms with E-state index in [1.165, 1.54) is 24.3 Å². The van der Waals surface area contributed by atoms with E-state index in [-0.39, 0.29) is 28.1 Å². The molecule has 2 aliphatic rings. The van der Waals surface area contributed by atoms with Crippen molar-refractivity contribution in [3.63, 3.8) is 0 Å². The number of para-hydroxylation sites is 1. The first kappa shape index (κ1) is 23.5. The number of nitrogens with one attached hydrogen (secondary N) is 1.